The van der Waals surface area contributed by atoms with Gasteiger partial charge < -0.3 is 4.42 Å². The predicted octanol–water partition coefficient (Wildman–Crippen LogP) is 1.33. The molecule has 0 aromatic carbocycles. The van der Waals surface area contributed by atoms with Crippen molar-refractivity contribution in [3.63, 3.8) is 0 Å². The maximum Gasteiger partial charge on any atom is 0.321 e. The van der Waals surface area contributed by atoms with E-state index in [4.69, 9.17) is 16.0 Å². The first-order chi connectivity index (χ1) is 7.28. The predicted molar refractivity (Wildman–Crippen MR) is 55.2 cm³/mol. The molecule has 0 amide bonds. The van der Waals surface area contributed by atoms with Gasteiger partial charge in [0.15, 0.2) is 5.82 Å². The summed E-state index contributed by atoms with van der Waals surface area (Å²) in [6.07, 6.45) is 2.39. The second-order valence-electron chi connectivity index (χ2n) is 2.94. The number of alkyl halides is 1. The van der Waals surface area contributed by atoms with Gasteiger partial charge in [-0.1, -0.05) is 5.10 Å². The summed E-state index contributed by atoms with van der Waals surface area (Å²) in [5, 5.41) is 14.6. The summed E-state index contributed by atoms with van der Waals surface area (Å²) in [6.45, 7) is 0. The lowest BCUT2D eigenvalue weighted by Crippen LogP contribution is -1.93. The third-order valence-electron chi connectivity index (χ3n) is 1.72. The maximum atomic E-state index is 5.54. The van der Waals surface area contributed by atoms with E-state index in [1.54, 1.807) is 4.68 Å². The Morgan fingerprint density at radius 3 is 3.07 bits per heavy atom. The summed E-state index contributed by atoms with van der Waals surface area (Å²) in [5.74, 6) is 1.65. The number of aromatic nitrogens is 4. The molecule has 15 heavy (non-hydrogen) atoms. The number of nitrogens with zero attached hydrogens (tertiary/aromatic N) is 4. The van der Waals surface area contributed by atoms with Crippen molar-refractivity contribution in [3.05, 3.63) is 18.2 Å². The van der Waals surface area contributed by atoms with Crippen molar-refractivity contribution in [2.45, 2.75) is 6.42 Å². The third-order valence-corrected chi connectivity index (χ3v) is 1.91. The molecule has 1 N–H and O–H groups in total. The lowest BCUT2D eigenvalue weighted by Gasteiger charge is -1.93. The number of aryl methyl sites for hydroxylation is 2. The van der Waals surface area contributed by atoms with Crippen molar-refractivity contribution in [2.75, 3.05) is 11.2 Å². The minimum atomic E-state index is 0.328. The highest BCUT2D eigenvalue weighted by atomic mass is 35.5. The first-order valence-electron chi connectivity index (χ1n) is 4.43. The number of hydrogen-bond acceptors (Lipinski definition) is 5. The Morgan fingerprint density at radius 1 is 1.53 bits per heavy atom. The molecule has 6 nitrogen and oxygen atoms in total. The van der Waals surface area contributed by atoms with E-state index in [1.165, 1.54) is 0 Å². The van der Waals surface area contributed by atoms with Crippen LogP contribution >= 0.6 is 11.6 Å². The van der Waals surface area contributed by atoms with E-state index in [9.17, 15) is 0 Å². The fraction of sp³-hybridized carbons (Fsp3) is 0.375. The Bertz CT molecular complexity index is 438. The monoisotopic (exact) mass is 227 g/mol. The summed E-state index contributed by atoms with van der Waals surface area (Å²) in [7, 11) is 1.83. The van der Waals surface area contributed by atoms with Crippen molar-refractivity contribution in [1.29, 1.82) is 0 Å². The molecule has 2 aromatic heterocycles. The number of hydrogen-bond donors (Lipinski definition) is 1. The van der Waals surface area contributed by atoms with E-state index < -0.39 is 0 Å². The Hall–Kier alpha value is -1.56. The summed E-state index contributed by atoms with van der Waals surface area (Å²) in [5.41, 5.74) is 0. The molecule has 0 aliphatic carbocycles. The van der Waals surface area contributed by atoms with E-state index in [2.05, 4.69) is 20.6 Å². The minimum absolute atomic E-state index is 0.328. The van der Waals surface area contributed by atoms with Gasteiger partial charge in [0, 0.05) is 31.6 Å². The topological polar surface area (TPSA) is 68.8 Å². The molecule has 0 bridgehead atoms. The molecule has 2 rings (SSSR count). The van der Waals surface area contributed by atoms with Crippen LogP contribution in [0, 0.1) is 0 Å². The zero-order valence-electron chi connectivity index (χ0n) is 8.14. The summed E-state index contributed by atoms with van der Waals surface area (Å²) >= 11 is 5.54. The molecular weight excluding hydrogens is 218 g/mol. The van der Waals surface area contributed by atoms with Crippen molar-refractivity contribution in [3.8, 4) is 0 Å². The maximum absolute atomic E-state index is 5.54. The second kappa shape index (κ2) is 4.31. The number of rotatable bonds is 4. The van der Waals surface area contributed by atoms with Gasteiger partial charge in [0.05, 0.1) is 0 Å². The molecule has 0 aliphatic heterocycles. The highest BCUT2D eigenvalue weighted by Crippen LogP contribution is 2.12. The third kappa shape index (κ3) is 2.47. The van der Waals surface area contributed by atoms with E-state index in [1.807, 2.05) is 19.3 Å². The van der Waals surface area contributed by atoms with Gasteiger partial charge >= 0.3 is 6.01 Å². The van der Waals surface area contributed by atoms with E-state index in [0.717, 1.165) is 0 Å². The summed E-state index contributed by atoms with van der Waals surface area (Å²) < 4.78 is 6.95. The molecule has 0 aliphatic rings. The van der Waals surface area contributed by atoms with Crippen LogP contribution in [0.1, 0.15) is 5.89 Å². The molecule has 0 radical (unpaired) electrons. The van der Waals surface area contributed by atoms with Crippen molar-refractivity contribution in [1.82, 2.24) is 20.0 Å². The van der Waals surface area contributed by atoms with Crippen LogP contribution in [-0.2, 0) is 13.5 Å². The van der Waals surface area contributed by atoms with Crippen LogP contribution in [0.2, 0.25) is 0 Å². The van der Waals surface area contributed by atoms with Gasteiger partial charge in [-0.3, -0.25) is 10.00 Å². The molecule has 0 unspecified atom stereocenters. The molecule has 7 heteroatoms. The van der Waals surface area contributed by atoms with Crippen LogP contribution in [0.3, 0.4) is 0 Å². The van der Waals surface area contributed by atoms with Crippen molar-refractivity contribution >= 4 is 23.4 Å². The molecule has 80 valence electrons. The molecular formula is C8H10ClN5O. The number of nitrogens with one attached hydrogen (secondary N) is 1. The second-order valence-corrected chi connectivity index (χ2v) is 3.32. The van der Waals surface area contributed by atoms with Crippen LogP contribution in [0.5, 0.6) is 0 Å². The van der Waals surface area contributed by atoms with Gasteiger partial charge in [0.25, 0.3) is 0 Å². The van der Waals surface area contributed by atoms with Gasteiger partial charge in [-0.05, 0) is 0 Å². The largest absolute Gasteiger partial charge is 0.408 e. The lowest BCUT2D eigenvalue weighted by molar-refractivity contribution is 0.516. The molecule has 0 saturated carbocycles. The quantitative estimate of drug-likeness (QED) is 0.798. The zero-order chi connectivity index (χ0) is 10.7. The molecule has 0 spiro atoms. The molecule has 0 saturated heterocycles. The van der Waals surface area contributed by atoms with Crippen LogP contribution in [0.25, 0.3) is 0 Å². The normalized spacial score (nSPS) is 10.5. The molecule has 2 heterocycles. The van der Waals surface area contributed by atoms with Crippen LogP contribution < -0.4 is 5.32 Å². The van der Waals surface area contributed by atoms with Crippen molar-refractivity contribution in [2.24, 2.45) is 7.05 Å². The Kier molecular flexibility index (Phi) is 2.86. The van der Waals surface area contributed by atoms with Crippen LogP contribution in [0.4, 0.5) is 11.8 Å². The van der Waals surface area contributed by atoms with E-state index in [0.29, 0.717) is 30.0 Å². The SMILES string of the molecule is Cn1ccc(Nc2nnc(CCCl)o2)n1. The van der Waals surface area contributed by atoms with Gasteiger partial charge in [-0.15, -0.1) is 16.7 Å². The lowest BCUT2D eigenvalue weighted by atomic mass is 10.5. The zero-order valence-corrected chi connectivity index (χ0v) is 8.90. The van der Waals surface area contributed by atoms with Crippen LogP contribution in [0.15, 0.2) is 16.7 Å². The Labute approximate surface area is 91.2 Å². The van der Waals surface area contributed by atoms with E-state index in [-0.39, 0.29) is 0 Å². The Balaban J connectivity index is 2.04. The van der Waals surface area contributed by atoms with Crippen LogP contribution in [-0.4, -0.2) is 25.9 Å². The van der Waals surface area contributed by atoms with Crippen molar-refractivity contribution < 1.29 is 4.42 Å². The van der Waals surface area contributed by atoms with Gasteiger partial charge in [-0.25, -0.2) is 0 Å². The number of halogens is 1. The highest BCUT2D eigenvalue weighted by molar-refractivity contribution is 6.17. The fourth-order valence-electron chi connectivity index (χ4n) is 1.08. The standard InChI is InChI=1S/C8H10ClN5O/c1-14-5-3-6(13-14)10-8-12-11-7(15-8)2-4-9/h3,5H,2,4H2,1H3,(H,10,12,13). The first kappa shape index (κ1) is 9.97. The fourth-order valence-corrected chi connectivity index (χ4v) is 1.24. The average Bonchev–Trinajstić information content (AvgIpc) is 2.78. The minimum Gasteiger partial charge on any atom is -0.408 e. The molecule has 0 fully saturated rings. The highest BCUT2D eigenvalue weighted by Gasteiger charge is 2.06. The average molecular weight is 228 g/mol. The number of anilines is 2. The van der Waals surface area contributed by atoms with Gasteiger partial charge in [0.1, 0.15) is 0 Å². The van der Waals surface area contributed by atoms with Gasteiger partial charge in [-0.2, -0.15) is 5.10 Å². The smallest absolute Gasteiger partial charge is 0.321 e. The van der Waals surface area contributed by atoms with Gasteiger partial charge in [0.2, 0.25) is 5.89 Å². The first-order valence-corrected chi connectivity index (χ1v) is 4.96. The summed E-state index contributed by atoms with van der Waals surface area (Å²) in [4.78, 5) is 0. The summed E-state index contributed by atoms with van der Waals surface area (Å²) in [6, 6.07) is 2.14. The Morgan fingerprint density at radius 2 is 2.40 bits per heavy atom. The molecule has 2 aromatic rings. The van der Waals surface area contributed by atoms with E-state index >= 15 is 0 Å². The molecule has 0 atom stereocenters.